The number of carbonyl (C=O) groups is 2. The van der Waals surface area contributed by atoms with Gasteiger partial charge in [0.2, 0.25) is 0 Å². The lowest BCUT2D eigenvalue weighted by Crippen LogP contribution is -2.20. The number of benzene rings is 1. The minimum Gasteiger partial charge on any atom is -0.322 e. The molecule has 0 saturated carbocycles. The first-order chi connectivity index (χ1) is 8.60. The normalized spacial score (nSPS) is 9.72. The molecule has 0 aromatic heterocycles. The Labute approximate surface area is 115 Å². The Morgan fingerprint density at radius 1 is 1.06 bits per heavy atom. The molecular formula is C13H15NO2S2. The fraction of sp³-hybridized carbons (Fsp3) is 0.231. The molecule has 1 N–H and O–H groups in total. The van der Waals surface area contributed by atoms with Crippen LogP contribution in [0.5, 0.6) is 0 Å². The molecule has 0 fully saturated rings. The largest absolute Gasteiger partial charge is 0.322 e. The molecule has 0 aliphatic heterocycles. The number of carbonyl (C=O) groups excluding carboxylic acids is 2. The summed E-state index contributed by atoms with van der Waals surface area (Å²) in [5.41, 5.74) is 0.904. The maximum Gasteiger partial charge on any atom is 0.260 e. The Bertz CT molecular complexity index is 463. The summed E-state index contributed by atoms with van der Waals surface area (Å²) in [4.78, 5) is 23.7. The zero-order valence-corrected chi connectivity index (χ0v) is 12.2. The van der Waals surface area contributed by atoms with Crippen molar-refractivity contribution in [3.63, 3.8) is 0 Å². The minimum absolute atomic E-state index is 0.220. The van der Waals surface area contributed by atoms with E-state index in [1.165, 1.54) is 30.4 Å². The van der Waals surface area contributed by atoms with Gasteiger partial charge in [0.25, 0.3) is 5.91 Å². The Morgan fingerprint density at radius 3 is 2.06 bits per heavy atom. The number of hydrogen-bond donors (Lipinski definition) is 1. The highest BCUT2D eigenvalue weighted by molar-refractivity contribution is 8.21. The maximum absolute atomic E-state index is 12.1. The first-order valence-corrected chi connectivity index (χ1v) is 7.74. The van der Waals surface area contributed by atoms with E-state index < -0.39 is 0 Å². The molecule has 3 nitrogen and oxygen atoms in total. The average molecular weight is 281 g/mol. The van der Waals surface area contributed by atoms with Crippen LogP contribution in [0.2, 0.25) is 0 Å². The van der Waals surface area contributed by atoms with E-state index in [-0.39, 0.29) is 17.3 Å². The van der Waals surface area contributed by atoms with E-state index in [2.05, 4.69) is 5.32 Å². The smallest absolute Gasteiger partial charge is 0.260 e. The summed E-state index contributed by atoms with van der Waals surface area (Å²) in [5, 5.41) is 2.73. The number of para-hydroxylation sites is 1. The standard InChI is InChI=1S/C13H15NO2S2/c1-9(15)11(13(17-2)18-3)12(16)14-10-7-5-4-6-8-10/h4-8H,1-3H3,(H,14,16). The number of ketones is 1. The van der Waals surface area contributed by atoms with Crippen molar-refractivity contribution in [1.82, 2.24) is 0 Å². The van der Waals surface area contributed by atoms with Gasteiger partial charge in [-0.15, -0.1) is 23.5 Å². The minimum atomic E-state index is -0.354. The van der Waals surface area contributed by atoms with Gasteiger partial charge in [-0.3, -0.25) is 9.59 Å². The van der Waals surface area contributed by atoms with Crippen molar-refractivity contribution in [2.45, 2.75) is 6.92 Å². The molecule has 0 heterocycles. The Morgan fingerprint density at radius 2 is 1.61 bits per heavy atom. The van der Waals surface area contributed by atoms with Crippen molar-refractivity contribution >= 4 is 40.9 Å². The van der Waals surface area contributed by atoms with Crippen LogP contribution in [0.15, 0.2) is 40.1 Å². The van der Waals surface area contributed by atoms with Gasteiger partial charge in [0, 0.05) is 5.69 Å². The third-order valence-electron chi connectivity index (χ3n) is 2.19. The van der Waals surface area contributed by atoms with Gasteiger partial charge in [-0.05, 0) is 31.6 Å². The summed E-state index contributed by atoms with van der Waals surface area (Å²) >= 11 is 2.81. The van der Waals surface area contributed by atoms with Crippen LogP contribution in [0, 0.1) is 0 Å². The average Bonchev–Trinajstić information content (AvgIpc) is 2.36. The highest BCUT2D eigenvalue weighted by atomic mass is 32.2. The highest BCUT2D eigenvalue weighted by Crippen LogP contribution is 2.28. The fourth-order valence-electron chi connectivity index (χ4n) is 1.40. The molecular weight excluding hydrogens is 266 g/mol. The van der Waals surface area contributed by atoms with Gasteiger partial charge in [-0.2, -0.15) is 0 Å². The van der Waals surface area contributed by atoms with Crippen molar-refractivity contribution in [2.24, 2.45) is 0 Å². The van der Waals surface area contributed by atoms with Crippen molar-refractivity contribution < 1.29 is 9.59 Å². The molecule has 1 aromatic carbocycles. The van der Waals surface area contributed by atoms with Crippen LogP contribution in [0.4, 0.5) is 5.69 Å². The molecule has 0 aliphatic carbocycles. The molecule has 18 heavy (non-hydrogen) atoms. The third kappa shape index (κ3) is 3.92. The van der Waals surface area contributed by atoms with Crippen LogP contribution in [-0.4, -0.2) is 24.2 Å². The molecule has 0 spiro atoms. The number of Topliss-reactive ketones (excluding diaryl/α,β-unsaturated/α-hetero) is 1. The summed E-state index contributed by atoms with van der Waals surface area (Å²) < 4.78 is 0.732. The molecule has 1 rings (SSSR count). The SMILES string of the molecule is CSC(SC)=C(C(C)=O)C(=O)Nc1ccccc1. The second kappa shape index (κ2) is 7.28. The van der Waals surface area contributed by atoms with Crippen LogP contribution in [-0.2, 0) is 9.59 Å². The maximum atomic E-state index is 12.1. The van der Waals surface area contributed by atoms with Crippen molar-refractivity contribution in [1.29, 1.82) is 0 Å². The van der Waals surface area contributed by atoms with Gasteiger partial charge >= 0.3 is 0 Å². The van der Waals surface area contributed by atoms with Gasteiger partial charge in [-0.25, -0.2) is 0 Å². The first-order valence-electron chi connectivity index (χ1n) is 5.29. The predicted octanol–water partition coefficient (Wildman–Crippen LogP) is 3.15. The molecule has 0 aliphatic rings. The molecule has 0 saturated heterocycles. The van der Waals surface area contributed by atoms with E-state index in [0.29, 0.717) is 5.69 Å². The number of rotatable bonds is 5. The van der Waals surface area contributed by atoms with Crippen LogP contribution in [0.3, 0.4) is 0 Å². The molecule has 1 aromatic rings. The lowest BCUT2D eigenvalue weighted by Gasteiger charge is -2.10. The van der Waals surface area contributed by atoms with Crippen LogP contribution < -0.4 is 5.32 Å². The molecule has 0 atom stereocenters. The molecule has 0 bridgehead atoms. The molecule has 1 amide bonds. The number of amides is 1. The summed E-state index contributed by atoms with van der Waals surface area (Å²) in [6.45, 7) is 1.41. The second-order valence-corrected chi connectivity index (χ2v) is 5.34. The predicted molar refractivity (Wildman–Crippen MR) is 79.8 cm³/mol. The van der Waals surface area contributed by atoms with Crippen molar-refractivity contribution in [3.05, 3.63) is 40.1 Å². The molecule has 96 valence electrons. The monoisotopic (exact) mass is 281 g/mol. The van der Waals surface area contributed by atoms with Gasteiger partial charge in [0.05, 0.1) is 4.24 Å². The van der Waals surface area contributed by atoms with E-state index in [9.17, 15) is 9.59 Å². The quantitative estimate of drug-likeness (QED) is 0.511. The summed E-state index contributed by atoms with van der Waals surface area (Å²) in [6.07, 6.45) is 3.70. The van der Waals surface area contributed by atoms with Gasteiger partial charge in [0.1, 0.15) is 5.57 Å². The summed E-state index contributed by atoms with van der Waals surface area (Å²) in [5.74, 6) is -0.575. The lowest BCUT2D eigenvalue weighted by molar-refractivity contribution is -0.118. The Kier molecular flexibility index (Phi) is 6.01. The Balaban J connectivity index is 2.99. The summed E-state index contributed by atoms with van der Waals surface area (Å²) in [6, 6.07) is 9.10. The van der Waals surface area contributed by atoms with E-state index in [4.69, 9.17) is 0 Å². The lowest BCUT2D eigenvalue weighted by atomic mass is 10.2. The van der Waals surface area contributed by atoms with E-state index in [0.717, 1.165) is 4.24 Å². The fourth-order valence-corrected chi connectivity index (χ4v) is 2.95. The first kappa shape index (κ1) is 14.9. The van der Waals surface area contributed by atoms with Crippen LogP contribution in [0.1, 0.15) is 6.92 Å². The van der Waals surface area contributed by atoms with Crippen molar-refractivity contribution in [3.8, 4) is 0 Å². The zero-order valence-electron chi connectivity index (χ0n) is 10.5. The zero-order chi connectivity index (χ0) is 13.5. The summed E-state index contributed by atoms with van der Waals surface area (Å²) in [7, 11) is 0. The van der Waals surface area contributed by atoms with E-state index in [1.54, 1.807) is 12.1 Å². The topological polar surface area (TPSA) is 46.2 Å². The van der Waals surface area contributed by atoms with Crippen LogP contribution >= 0.6 is 23.5 Å². The third-order valence-corrected chi connectivity index (χ3v) is 4.34. The molecule has 0 radical (unpaired) electrons. The van der Waals surface area contributed by atoms with E-state index in [1.807, 2.05) is 30.7 Å². The molecule has 0 unspecified atom stereocenters. The number of nitrogens with one attached hydrogen (secondary N) is 1. The Hall–Kier alpha value is -1.20. The van der Waals surface area contributed by atoms with E-state index >= 15 is 0 Å². The number of hydrogen-bond acceptors (Lipinski definition) is 4. The number of anilines is 1. The molecule has 5 heteroatoms. The van der Waals surface area contributed by atoms with Crippen LogP contribution in [0.25, 0.3) is 0 Å². The van der Waals surface area contributed by atoms with Crippen molar-refractivity contribution in [2.75, 3.05) is 17.8 Å². The number of thioether (sulfide) groups is 2. The highest BCUT2D eigenvalue weighted by Gasteiger charge is 2.19. The second-order valence-electron chi connectivity index (χ2n) is 3.45. The van der Waals surface area contributed by atoms with Gasteiger partial charge in [-0.1, -0.05) is 18.2 Å². The van der Waals surface area contributed by atoms with Gasteiger partial charge < -0.3 is 5.32 Å². The van der Waals surface area contributed by atoms with Gasteiger partial charge in [0.15, 0.2) is 5.78 Å².